The molecule has 0 amide bonds. The maximum absolute atomic E-state index is 11.3. The topological polar surface area (TPSA) is 35.5 Å². The lowest BCUT2D eigenvalue weighted by Gasteiger charge is -2.06. The quantitative estimate of drug-likeness (QED) is 0.662. The maximum atomic E-state index is 11.3. The van der Waals surface area contributed by atoms with Gasteiger partial charge in [-0.1, -0.05) is 6.07 Å². The molecule has 0 spiro atoms. The molecule has 3 heteroatoms. The predicted octanol–water partition coefficient (Wildman–Crippen LogP) is 1.67. The summed E-state index contributed by atoms with van der Waals surface area (Å²) in [5.74, 6) is 0.133. The summed E-state index contributed by atoms with van der Waals surface area (Å²) in [5, 5.41) is 0. The largest absolute Gasteiger partial charge is 0.496 e. The first kappa shape index (κ1) is 9.58. The molecule has 0 atom stereocenters. The molecule has 13 heavy (non-hydrogen) atoms. The van der Waals surface area contributed by atoms with E-state index in [9.17, 15) is 4.79 Å². The smallest absolute Gasteiger partial charge is 0.341 e. The van der Waals surface area contributed by atoms with Gasteiger partial charge in [0.05, 0.1) is 13.7 Å². The van der Waals surface area contributed by atoms with Gasteiger partial charge in [-0.15, -0.1) is 0 Å². The highest BCUT2D eigenvalue weighted by Crippen LogP contribution is 2.17. The average molecular weight is 179 g/mol. The van der Waals surface area contributed by atoms with Gasteiger partial charge in [0.2, 0.25) is 0 Å². The molecule has 0 fully saturated rings. The Morgan fingerprint density at radius 3 is 3.00 bits per heavy atom. The molecule has 1 rings (SSSR count). The van der Waals surface area contributed by atoms with Gasteiger partial charge in [0.15, 0.2) is 0 Å². The van der Waals surface area contributed by atoms with E-state index in [2.05, 4.69) is 6.07 Å². The molecular weight excluding hydrogens is 168 g/mol. The van der Waals surface area contributed by atoms with Crippen LogP contribution in [0.1, 0.15) is 17.3 Å². The summed E-state index contributed by atoms with van der Waals surface area (Å²) in [6.45, 7) is 2.12. The zero-order valence-corrected chi connectivity index (χ0v) is 7.66. The van der Waals surface area contributed by atoms with Crippen LogP contribution < -0.4 is 4.74 Å². The minimum Gasteiger partial charge on any atom is -0.496 e. The van der Waals surface area contributed by atoms with Crippen molar-refractivity contribution in [1.29, 1.82) is 0 Å². The first-order valence-corrected chi connectivity index (χ1v) is 4.00. The molecule has 0 aliphatic heterocycles. The third-order valence-corrected chi connectivity index (χ3v) is 1.54. The Morgan fingerprint density at radius 2 is 2.38 bits per heavy atom. The lowest BCUT2D eigenvalue weighted by atomic mass is 10.2. The molecule has 0 aliphatic rings. The van der Waals surface area contributed by atoms with Gasteiger partial charge in [0.1, 0.15) is 11.3 Å². The van der Waals surface area contributed by atoms with Crippen molar-refractivity contribution in [2.45, 2.75) is 6.92 Å². The third kappa shape index (κ3) is 2.21. The zero-order valence-electron chi connectivity index (χ0n) is 7.66. The fraction of sp³-hybridized carbons (Fsp3) is 0.300. The van der Waals surface area contributed by atoms with E-state index in [0.29, 0.717) is 17.9 Å². The summed E-state index contributed by atoms with van der Waals surface area (Å²) < 4.78 is 9.82. The molecule has 0 aliphatic carbocycles. The highest BCUT2D eigenvalue weighted by molar-refractivity contribution is 5.92. The molecule has 0 N–H and O–H groups in total. The molecule has 0 unspecified atom stereocenters. The van der Waals surface area contributed by atoms with E-state index in [-0.39, 0.29) is 5.97 Å². The van der Waals surface area contributed by atoms with Crippen molar-refractivity contribution in [2.24, 2.45) is 0 Å². The fourth-order valence-corrected chi connectivity index (χ4v) is 0.963. The van der Waals surface area contributed by atoms with Gasteiger partial charge in [-0.3, -0.25) is 0 Å². The normalized spacial score (nSPS) is 9.38. The lowest BCUT2D eigenvalue weighted by molar-refractivity contribution is 0.0522. The summed E-state index contributed by atoms with van der Waals surface area (Å²) in [4.78, 5) is 11.3. The lowest BCUT2D eigenvalue weighted by Crippen LogP contribution is -2.06. The zero-order chi connectivity index (χ0) is 9.68. The van der Waals surface area contributed by atoms with E-state index >= 15 is 0 Å². The molecule has 0 saturated carbocycles. The second-order valence-corrected chi connectivity index (χ2v) is 2.35. The van der Waals surface area contributed by atoms with Crippen molar-refractivity contribution < 1.29 is 14.3 Å². The fourth-order valence-electron chi connectivity index (χ4n) is 0.963. The Hall–Kier alpha value is -1.51. The van der Waals surface area contributed by atoms with Gasteiger partial charge in [-0.05, 0) is 25.1 Å². The molecule has 1 aromatic carbocycles. The van der Waals surface area contributed by atoms with Crippen LogP contribution in [0.3, 0.4) is 0 Å². The molecule has 0 heterocycles. The van der Waals surface area contributed by atoms with Gasteiger partial charge in [0, 0.05) is 0 Å². The number of ether oxygens (including phenoxy) is 2. The summed E-state index contributed by atoms with van der Waals surface area (Å²) in [6.07, 6.45) is 0. The van der Waals surface area contributed by atoms with E-state index in [1.54, 1.807) is 25.1 Å². The number of hydrogen-bond acceptors (Lipinski definition) is 3. The number of hydrogen-bond donors (Lipinski definition) is 0. The second kappa shape index (κ2) is 4.50. The van der Waals surface area contributed by atoms with Gasteiger partial charge in [0.25, 0.3) is 0 Å². The summed E-state index contributed by atoms with van der Waals surface area (Å²) >= 11 is 0. The van der Waals surface area contributed by atoms with Crippen molar-refractivity contribution >= 4 is 5.97 Å². The maximum Gasteiger partial charge on any atom is 0.341 e. The van der Waals surface area contributed by atoms with Crippen LogP contribution in [0.15, 0.2) is 18.2 Å². The van der Waals surface area contributed by atoms with Crippen LogP contribution in [0.2, 0.25) is 0 Å². The van der Waals surface area contributed by atoms with E-state index in [4.69, 9.17) is 9.47 Å². The number of carbonyl (C=O) groups excluding carboxylic acids is 1. The number of rotatable bonds is 3. The van der Waals surface area contributed by atoms with Crippen molar-refractivity contribution in [1.82, 2.24) is 0 Å². The number of esters is 1. The third-order valence-electron chi connectivity index (χ3n) is 1.54. The molecule has 1 aromatic rings. The minimum absolute atomic E-state index is 0.358. The average Bonchev–Trinajstić information content (AvgIpc) is 2.18. The van der Waals surface area contributed by atoms with Crippen LogP contribution in [-0.2, 0) is 4.74 Å². The summed E-state index contributed by atoms with van der Waals surface area (Å²) in [5.41, 5.74) is 0.409. The van der Waals surface area contributed by atoms with Gasteiger partial charge >= 0.3 is 5.97 Å². The van der Waals surface area contributed by atoms with Crippen molar-refractivity contribution in [3.05, 3.63) is 29.8 Å². The van der Waals surface area contributed by atoms with Crippen LogP contribution in [0, 0.1) is 6.07 Å². The van der Waals surface area contributed by atoms with E-state index < -0.39 is 0 Å². The number of methoxy groups -OCH3 is 1. The second-order valence-electron chi connectivity index (χ2n) is 2.35. The van der Waals surface area contributed by atoms with Crippen LogP contribution in [-0.4, -0.2) is 19.7 Å². The van der Waals surface area contributed by atoms with Gasteiger partial charge < -0.3 is 9.47 Å². The number of carbonyl (C=O) groups is 1. The summed E-state index contributed by atoms with van der Waals surface area (Å²) in [6, 6.07) is 7.70. The Kier molecular flexibility index (Phi) is 3.31. The molecule has 1 radical (unpaired) electrons. The minimum atomic E-state index is -0.379. The molecular formula is C10H11O3. The van der Waals surface area contributed by atoms with Gasteiger partial charge in [-0.25, -0.2) is 4.79 Å². The molecule has 0 saturated heterocycles. The Morgan fingerprint density at radius 1 is 1.62 bits per heavy atom. The highest BCUT2D eigenvalue weighted by Gasteiger charge is 2.11. The predicted molar refractivity (Wildman–Crippen MR) is 47.8 cm³/mol. The number of benzene rings is 1. The Balaban J connectivity index is 2.92. The molecule has 0 bridgehead atoms. The molecule has 3 nitrogen and oxygen atoms in total. The van der Waals surface area contributed by atoms with Crippen molar-refractivity contribution in [3.63, 3.8) is 0 Å². The van der Waals surface area contributed by atoms with E-state index in [0.717, 1.165) is 0 Å². The van der Waals surface area contributed by atoms with Crippen molar-refractivity contribution in [2.75, 3.05) is 13.7 Å². The standard InChI is InChI=1S/C10H11O3/c1-3-13-10(11)8-6-4-5-7-9(8)12-2/h5-7H,3H2,1-2H3. The van der Waals surface area contributed by atoms with E-state index in [1.807, 2.05) is 0 Å². The van der Waals surface area contributed by atoms with Crippen molar-refractivity contribution in [3.8, 4) is 5.75 Å². The van der Waals surface area contributed by atoms with Crippen LogP contribution >= 0.6 is 0 Å². The Labute approximate surface area is 77.3 Å². The molecule has 0 aromatic heterocycles. The monoisotopic (exact) mass is 179 g/mol. The van der Waals surface area contributed by atoms with Crippen LogP contribution in [0.4, 0.5) is 0 Å². The molecule has 69 valence electrons. The highest BCUT2D eigenvalue weighted by atomic mass is 16.5. The van der Waals surface area contributed by atoms with Gasteiger partial charge in [-0.2, -0.15) is 0 Å². The van der Waals surface area contributed by atoms with E-state index in [1.165, 1.54) is 7.11 Å². The first-order chi connectivity index (χ1) is 6.29. The summed E-state index contributed by atoms with van der Waals surface area (Å²) in [7, 11) is 1.51. The Bertz CT molecular complexity index is 294. The SMILES string of the molecule is CCOC(=O)c1c[c]ccc1OC. The first-order valence-electron chi connectivity index (χ1n) is 4.00. The van der Waals surface area contributed by atoms with Crippen LogP contribution in [0.5, 0.6) is 5.75 Å². The van der Waals surface area contributed by atoms with Crippen LogP contribution in [0.25, 0.3) is 0 Å².